The molecule has 1 aliphatic carbocycles. The minimum atomic E-state index is -0.554. The van der Waals surface area contributed by atoms with Crippen LogP contribution in [0.15, 0.2) is 36.4 Å². The molecular weight excluding hydrogens is 347 g/mol. The zero-order valence-electron chi connectivity index (χ0n) is 15.1. The Labute approximate surface area is 156 Å². The van der Waals surface area contributed by atoms with Crippen LogP contribution in [0.5, 0.6) is 0 Å². The summed E-state index contributed by atoms with van der Waals surface area (Å²) in [5.41, 5.74) is 4.73. The summed E-state index contributed by atoms with van der Waals surface area (Å²) in [5, 5.41) is 8.97. The minimum absolute atomic E-state index is 0.0510. The smallest absolute Gasteiger partial charge is 0.274 e. The Balaban J connectivity index is 1.56. The molecule has 1 heterocycles. The largest absolute Gasteiger partial charge is 0.338 e. The van der Waals surface area contributed by atoms with E-state index < -0.39 is 11.3 Å². The number of benzene rings is 2. The summed E-state index contributed by atoms with van der Waals surface area (Å²) < 4.78 is 13.8. The molecule has 2 amide bonds. The van der Waals surface area contributed by atoms with Crippen molar-refractivity contribution in [3.05, 3.63) is 70.0 Å². The molecule has 2 aromatic rings. The highest BCUT2D eigenvalue weighted by Crippen LogP contribution is 2.46. The standard InChI is InChI=1S/C21H21FN2O3/c1-13-5-6-14(9-18(13)22)12-24-8-7-21(20(24)26)10-15-3-2-4-16(17(15)11-21)19(25)23-27/h2-6,9,27H,7-8,10-12H2,1H3,(H,23,25). The third-order valence-corrected chi connectivity index (χ3v) is 5.87. The zero-order chi connectivity index (χ0) is 19.2. The molecular formula is C21H21FN2O3. The van der Waals surface area contributed by atoms with Crippen molar-refractivity contribution in [2.45, 2.75) is 32.7 Å². The van der Waals surface area contributed by atoms with Crippen LogP contribution in [0.1, 0.15) is 39.0 Å². The maximum atomic E-state index is 13.8. The molecule has 2 aromatic carbocycles. The highest BCUT2D eigenvalue weighted by molar-refractivity contribution is 5.96. The van der Waals surface area contributed by atoms with Gasteiger partial charge in [-0.05, 0) is 60.6 Å². The zero-order valence-corrected chi connectivity index (χ0v) is 15.1. The summed E-state index contributed by atoms with van der Waals surface area (Å²) in [6, 6.07) is 10.4. The molecule has 4 rings (SSSR count). The summed E-state index contributed by atoms with van der Waals surface area (Å²) in [6.07, 6.45) is 1.78. The molecule has 6 heteroatoms. The number of nitrogens with one attached hydrogen (secondary N) is 1. The van der Waals surface area contributed by atoms with Gasteiger partial charge in [0, 0.05) is 18.7 Å². The molecule has 2 N–H and O–H groups in total. The van der Waals surface area contributed by atoms with Crippen LogP contribution < -0.4 is 5.48 Å². The van der Waals surface area contributed by atoms with Gasteiger partial charge in [-0.3, -0.25) is 14.8 Å². The molecule has 1 unspecified atom stereocenters. The first-order valence-electron chi connectivity index (χ1n) is 9.03. The number of amides is 2. The third-order valence-electron chi connectivity index (χ3n) is 5.87. The minimum Gasteiger partial charge on any atom is -0.338 e. The lowest BCUT2D eigenvalue weighted by atomic mass is 9.83. The SMILES string of the molecule is Cc1ccc(CN2CCC3(Cc4cccc(C(=O)NO)c4C3)C2=O)cc1F. The summed E-state index contributed by atoms with van der Waals surface area (Å²) in [6.45, 7) is 2.72. The molecule has 1 spiro atoms. The third kappa shape index (κ3) is 2.90. The van der Waals surface area contributed by atoms with E-state index in [1.165, 1.54) is 6.07 Å². The van der Waals surface area contributed by atoms with Gasteiger partial charge in [0.1, 0.15) is 5.82 Å². The molecule has 27 heavy (non-hydrogen) atoms. The molecule has 5 nitrogen and oxygen atoms in total. The normalized spacial score (nSPS) is 21.0. The molecule has 0 bridgehead atoms. The lowest BCUT2D eigenvalue weighted by Gasteiger charge is -2.23. The summed E-state index contributed by atoms with van der Waals surface area (Å²) in [5.74, 6) is -0.766. The quantitative estimate of drug-likeness (QED) is 0.647. The monoisotopic (exact) mass is 368 g/mol. The first-order valence-corrected chi connectivity index (χ1v) is 9.03. The number of aryl methyl sites for hydroxylation is 1. The molecule has 1 aliphatic heterocycles. The number of likely N-dealkylation sites (tertiary alicyclic amines) is 1. The maximum absolute atomic E-state index is 13.8. The van der Waals surface area contributed by atoms with Gasteiger partial charge in [-0.1, -0.05) is 24.3 Å². The van der Waals surface area contributed by atoms with Crippen LogP contribution in [-0.2, 0) is 24.2 Å². The fourth-order valence-electron chi connectivity index (χ4n) is 4.37. The lowest BCUT2D eigenvalue weighted by Crippen LogP contribution is -2.35. The van der Waals surface area contributed by atoms with Crippen molar-refractivity contribution in [3.8, 4) is 0 Å². The van der Waals surface area contributed by atoms with E-state index in [2.05, 4.69) is 0 Å². The van der Waals surface area contributed by atoms with Crippen LogP contribution in [0.3, 0.4) is 0 Å². The van der Waals surface area contributed by atoms with Crippen molar-refractivity contribution in [2.24, 2.45) is 5.41 Å². The number of carbonyl (C=O) groups is 2. The summed E-state index contributed by atoms with van der Waals surface area (Å²) in [7, 11) is 0. The number of hydrogen-bond acceptors (Lipinski definition) is 3. The van der Waals surface area contributed by atoms with E-state index in [9.17, 15) is 14.0 Å². The molecule has 140 valence electrons. The van der Waals surface area contributed by atoms with Gasteiger partial charge in [0.25, 0.3) is 5.91 Å². The van der Waals surface area contributed by atoms with E-state index in [1.807, 2.05) is 12.1 Å². The molecule has 2 aliphatic rings. The second-order valence-corrected chi connectivity index (χ2v) is 7.58. The molecule has 1 fully saturated rings. The van der Waals surface area contributed by atoms with Crippen LogP contribution >= 0.6 is 0 Å². The fraction of sp³-hybridized carbons (Fsp3) is 0.333. The van der Waals surface area contributed by atoms with E-state index in [-0.39, 0.29) is 11.7 Å². The molecule has 0 saturated carbocycles. The van der Waals surface area contributed by atoms with Gasteiger partial charge in [0.15, 0.2) is 0 Å². The van der Waals surface area contributed by atoms with Crippen LogP contribution in [-0.4, -0.2) is 28.5 Å². The van der Waals surface area contributed by atoms with Crippen LogP contribution in [0.4, 0.5) is 4.39 Å². The lowest BCUT2D eigenvalue weighted by molar-refractivity contribution is -0.136. The van der Waals surface area contributed by atoms with E-state index in [4.69, 9.17) is 5.21 Å². The highest BCUT2D eigenvalue weighted by atomic mass is 19.1. The number of hydroxylamine groups is 1. The van der Waals surface area contributed by atoms with Gasteiger partial charge < -0.3 is 4.90 Å². The van der Waals surface area contributed by atoms with Gasteiger partial charge in [0.05, 0.1) is 5.41 Å². The van der Waals surface area contributed by atoms with Crippen molar-refractivity contribution in [1.29, 1.82) is 0 Å². The number of carbonyl (C=O) groups excluding carboxylic acids is 2. The first-order chi connectivity index (χ1) is 12.9. The van der Waals surface area contributed by atoms with E-state index >= 15 is 0 Å². The Morgan fingerprint density at radius 3 is 2.85 bits per heavy atom. The van der Waals surface area contributed by atoms with E-state index in [0.717, 1.165) is 16.7 Å². The number of nitrogens with zero attached hydrogens (tertiary/aromatic N) is 1. The second kappa shape index (κ2) is 6.46. The average Bonchev–Trinajstić information content (AvgIpc) is 3.19. The van der Waals surface area contributed by atoms with Gasteiger partial charge in [-0.2, -0.15) is 0 Å². The van der Waals surface area contributed by atoms with Crippen LogP contribution in [0.2, 0.25) is 0 Å². The summed E-state index contributed by atoms with van der Waals surface area (Å²) in [4.78, 5) is 26.9. The van der Waals surface area contributed by atoms with Gasteiger partial charge in [-0.15, -0.1) is 0 Å². The topological polar surface area (TPSA) is 69.6 Å². The van der Waals surface area contributed by atoms with E-state index in [0.29, 0.717) is 43.5 Å². The Morgan fingerprint density at radius 2 is 2.11 bits per heavy atom. The Bertz CT molecular complexity index is 943. The molecule has 1 saturated heterocycles. The molecule has 0 aromatic heterocycles. The summed E-state index contributed by atoms with van der Waals surface area (Å²) >= 11 is 0. The van der Waals surface area contributed by atoms with Crippen molar-refractivity contribution in [1.82, 2.24) is 10.4 Å². The maximum Gasteiger partial charge on any atom is 0.274 e. The predicted molar refractivity (Wildman–Crippen MR) is 96.7 cm³/mol. The molecule has 1 atom stereocenters. The van der Waals surface area contributed by atoms with Crippen molar-refractivity contribution >= 4 is 11.8 Å². The van der Waals surface area contributed by atoms with Crippen LogP contribution in [0, 0.1) is 18.2 Å². The van der Waals surface area contributed by atoms with Gasteiger partial charge in [-0.25, -0.2) is 9.87 Å². The molecule has 0 radical (unpaired) electrons. The average molecular weight is 368 g/mol. The first kappa shape index (κ1) is 17.7. The number of fused-ring (bicyclic) bond motifs is 1. The number of rotatable bonds is 3. The Kier molecular flexibility index (Phi) is 4.23. The number of halogens is 1. The van der Waals surface area contributed by atoms with Crippen molar-refractivity contribution in [3.63, 3.8) is 0 Å². The van der Waals surface area contributed by atoms with Crippen molar-refractivity contribution in [2.75, 3.05) is 6.54 Å². The highest BCUT2D eigenvalue weighted by Gasteiger charge is 2.50. The van der Waals surface area contributed by atoms with Crippen LogP contribution in [0.25, 0.3) is 0 Å². The second-order valence-electron chi connectivity index (χ2n) is 7.58. The fourth-order valence-corrected chi connectivity index (χ4v) is 4.37. The van der Waals surface area contributed by atoms with Crippen molar-refractivity contribution < 1.29 is 19.2 Å². The van der Waals surface area contributed by atoms with E-state index in [1.54, 1.807) is 35.5 Å². The predicted octanol–water partition coefficient (Wildman–Crippen LogP) is 2.77. The number of hydrogen-bond donors (Lipinski definition) is 2. The van der Waals surface area contributed by atoms with Gasteiger partial charge in [0.2, 0.25) is 5.91 Å². The Morgan fingerprint density at radius 1 is 1.30 bits per heavy atom. The van der Waals surface area contributed by atoms with Gasteiger partial charge >= 0.3 is 0 Å². The Hall–Kier alpha value is -2.73.